The highest BCUT2D eigenvalue weighted by Crippen LogP contribution is 2.30. The molecule has 0 amide bonds. The average molecular weight is 304 g/mol. The predicted octanol–water partition coefficient (Wildman–Crippen LogP) is 3.58. The van der Waals surface area contributed by atoms with E-state index in [9.17, 15) is 4.39 Å². The molecule has 0 aliphatic heterocycles. The van der Waals surface area contributed by atoms with Crippen molar-refractivity contribution in [3.05, 3.63) is 70.8 Å². The summed E-state index contributed by atoms with van der Waals surface area (Å²) in [6.07, 6.45) is 0. The van der Waals surface area contributed by atoms with Gasteiger partial charge in [-0.2, -0.15) is 0 Å². The molecule has 2 aromatic carbocycles. The molecule has 6 heteroatoms. The van der Waals surface area contributed by atoms with Crippen LogP contribution in [0, 0.1) is 5.82 Å². The lowest BCUT2D eigenvalue weighted by Gasteiger charge is -2.06. The van der Waals surface area contributed by atoms with Gasteiger partial charge in [-0.05, 0) is 17.7 Å². The van der Waals surface area contributed by atoms with Crippen LogP contribution in [0.5, 0.6) is 0 Å². The Morgan fingerprint density at radius 1 is 1.05 bits per heavy atom. The zero-order valence-electron chi connectivity index (χ0n) is 10.8. The molecule has 2 N–H and O–H groups in total. The number of hydrogen-bond acceptors (Lipinski definition) is 4. The predicted molar refractivity (Wildman–Crippen MR) is 77.2 cm³/mol. The van der Waals surface area contributed by atoms with Crippen LogP contribution < -0.4 is 5.73 Å². The van der Waals surface area contributed by atoms with Gasteiger partial charge in [-0.3, -0.25) is 0 Å². The first-order valence-electron chi connectivity index (χ1n) is 6.25. The van der Waals surface area contributed by atoms with Gasteiger partial charge in [0.15, 0.2) is 0 Å². The van der Waals surface area contributed by atoms with E-state index in [0.717, 1.165) is 5.56 Å². The van der Waals surface area contributed by atoms with Crippen molar-refractivity contribution in [2.45, 2.75) is 6.04 Å². The molecule has 21 heavy (non-hydrogen) atoms. The molecule has 0 radical (unpaired) electrons. The van der Waals surface area contributed by atoms with Gasteiger partial charge in [0.1, 0.15) is 11.9 Å². The van der Waals surface area contributed by atoms with Gasteiger partial charge in [-0.15, -0.1) is 10.2 Å². The molecule has 3 rings (SSSR count). The molecular weight excluding hydrogens is 293 g/mol. The first-order valence-corrected chi connectivity index (χ1v) is 6.63. The van der Waals surface area contributed by atoms with Crippen LogP contribution in [0.3, 0.4) is 0 Å². The van der Waals surface area contributed by atoms with Crippen LogP contribution in [-0.4, -0.2) is 10.2 Å². The highest BCUT2D eigenvalue weighted by Gasteiger charge is 2.19. The quantitative estimate of drug-likeness (QED) is 0.803. The number of halogens is 2. The number of nitrogens with zero attached hydrogens (tertiary/aromatic N) is 2. The van der Waals surface area contributed by atoms with Gasteiger partial charge in [0.05, 0.1) is 10.6 Å². The topological polar surface area (TPSA) is 64.9 Å². The van der Waals surface area contributed by atoms with Crippen LogP contribution >= 0.6 is 11.6 Å². The van der Waals surface area contributed by atoms with E-state index in [-0.39, 0.29) is 16.8 Å². The molecule has 0 saturated heterocycles. The summed E-state index contributed by atoms with van der Waals surface area (Å²) in [5, 5.41) is 7.75. The number of hydrogen-bond donors (Lipinski definition) is 1. The van der Waals surface area contributed by atoms with Gasteiger partial charge < -0.3 is 10.2 Å². The minimum Gasteiger partial charge on any atom is -0.419 e. The van der Waals surface area contributed by atoms with E-state index in [1.165, 1.54) is 12.1 Å². The molecular formula is C15H11ClFN3O. The zero-order chi connectivity index (χ0) is 14.8. The van der Waals surface area contributed by atoms with Crippen molar-refractivity contribution in [1.82, 2.24) is 10.2 Å². The summed E-state index contributed by atoms with van der Waals surface area (Å²) >= 11 is 5.90. The largest absolute Gasteiger partial charge is 0.419 e. The second-order valence-electron chi connectivity index (χ2n) is 4.44. The number of rotatable bonds is 3. The zero-order valence-corrected chi connectivity index (χ0v) is 11.6. The van der Waals surface area contributed by atoms with Crippen molar-refractivity contribution in [1.29, 1.82) is 0 Å². The van der Waals surface area contributed by atoms with Crippen molar-refractivity contribution in [2.75, 3.05) is 0 Å². The molecule has 1 aromatic heterocycles. The monoisotopic (exact) mass is 303 g/mol. The molecule has 0 aliphatic rings. The van der Waals surface area contributed by atoms with Crippen LogP contribution in [0.15, 0.2) is 52.9 Å². The summed E-state index contributed by atoms with van der Waals surface area (Å²) in [4.78, 5) is 0. The van der Waals surface area contributed by atoms with Crippen LogP contribution in [0.2, 0.25) is 5.02 Å². The number of nitrogens with two attached hydrogens (primary N) is 1. The fourth-order valence-corrected chi connectivity index (χ4v) is 2.15. The lowest BCUT2D eigenvalue weighted by atomic mass is 10.1. The third kappa shape index (κ3) is 2.66. The second kappa shape index (κ2) is 5.63. The van der Waals surface area contributed by atoms with E-state index < -0.39 is 11.9 Å². The molecule has 4 nitrogen and oxygen atoms in total. The Labute approximate surface area is 125 Å². The van der Waals surface area contributed by atoms with Crippen LogP contribution in [0.4, 0.5) is 4.39 Å². The molecule has 0 aliphatic carbocycles. The third-order valence-corrected chi connectivity index (χ3v) is 3.43. The first kappa shape index (κ1) is 13.7. The molecule has 0 bridgehead atoms. The molecule has 1 unspecified atom stereocenters. The van der Waals surface area contributed by atoms with Crippen molar-refractivity contribution >= 4 is 11.6 Å². The SMILES string of the molecule is NC(c1ccccc1)c1nnc(-c2cccc(F)c2Cl)o1. The van der Waals surface area contributed by atoms with Gasteiger partial charge >= 0.3 is 0 Å². The minimum atomic E-state index is -0.542. The van der Waals surface area contributed by atoms with Crippen molar-refractivity contribution in [3.8, 4) is 11.5 Å². The Balaban J connectivity index is 1.95. The average Bonchev–Trinajstić information content (AvgIpc) is 3.00. The van der Waals surface area contributed by atoms with E-state index in [1.807, 2.05) is 30.3 Å². The number of benzene rings is 2. The van der Waals surface area contributed by atoms with Gasteiger partial charge in [-0.1, -0.05) is 48.0 Å². The maximum atomic E-state index is 13.4. The highest BCUT2D eigenvalue weighted by atomic mass is 35.5. The second-order valence-corrected chi connectivity index (χ2v) is 4.81. The van der Waals surface area contributed by atoms with Crippen LogP contribution in [-0.2, 0) is 0 Å². The summed E-state index contributed by atoms with van der Waals surface area (Å²) < 4.78 is 19.0. The van der Waals surface area contributed by atoms with E-state index in [1.54, 1.807) is 6.07 Å². The number of aromatic nitrogens is 2. The van der Waals surface area contributed by atoms with Gasteiger partial charge in [0, 0.05) is 0 Å². The Morgan fingerprint density at radius 3 is 2.57 bits per heavy atom. The normalized spacial score (nSPS) is 12.3. The van der Waals surface area contributed by atoms with Gasteiger partial charge in [-0.25, -0.2) is 4.39 Å². The third-order valence-electron chi connectivity index (χ3n) is 3.05. The Hall–Kier alpha value is -2.24. The van der Waals surface area contributed by atoms with Crippen LogP contribution in [0.1, 0.15) is 17.5 Å². The molecule has 0 saturated carbocycles. The van der Waals surface area contributed by atoms with Crippen LogP contribution in [0.25, 0.3) is 11.5 Å². The van der Waals surface area contributed by atoms with Crippen molar-refractivity contribution < 1.29 is 8.81 Å². The van der Waals surface area contributed by atoms with Crippen molar-refractivity contribution in [3.63, 3.8) is 0 Å². The summed E-state index contributed by atoms with van der Waals surface area (Å²) in [6.45, 7) is 0. The molecule has 3 aromatic rings. The lowest BCUT2D eigenvalue weighted by Crippen LogP contribution is -2.11. The fraction of sp³-hybridized carbons (Fsp3) is 0.0667. The van der Waals surface area contributed by atoms with E-state index in [0.29, 0.717) is 5.56 Å². The Bertz CT molecular complexity index is 761. The Kier molecular flexibility index (Phi) is 3.68. The minimum absolute atomic E-state index is 0.0546. The standard InChI is InChI=1S/C15H11ClFN3O/c16-12-10(7-4-8-11(12)17)14-19-20-15(21-14)13(18)9-5-2-1-3-6-9/h1-8,13H,18H2. The Morgan fingerprint density at radius 2 is 1.81 bits per heavy atom. The molecule has 0 spiro atoms. The smallest absolute Gasteiger partial charge is 0.249 e. The molecule has 1 heterocycles. The first-order chi connectivity index (χ1) is 10.2. The van der Waals surface area contributed by atoms with Gasteiger partial charge in [0.2, 0.25) is 11.8 Å². The highest BCUT2D eigenvalue weighted by molar-refractivity contribution is 6.33. The van der Waals surface area contributed by atoms with E-state index in [2.05, 4.69) is 10.2 Å². The molecule has 0 fully saturated rings. The molecule has 106 valence electrons. The van der Waals surface area contributed by atoms with E-state index >= 15 is 0 Å². The summed E-state index contributed by atoms with van der Waals surface area (Å²) in [5.74, 6) is -0.154. The lowest BCUT2D eigenvalue weighted by molar-refractivity contribution is 0.484. The maximum Gasteiger partial charge on any atom is 0.249 e. The maximum absolute atomic E-state index is 13.4. The van der Waals surface area contributed by atoms with E-state index in [4.69, 9.17) is 21.8 Å². The summed E-state index contributed by atoms with van der Waals surface area (Å²) in [6, 6.07) is 13.2. The molecule has 1 atom stereocenters. The fourth-order valence-electron chi connectivity index (χ4n) is 1.94. The summed E-state index contributed by atoms with van der Waals surface area (Å²) in [5.41, 5.74) is 7.26. The van der Waals surface area contributed by atoms with Gasteiger partial charge in [0.25, 0.3) is 0 Å². The van der Waals surface area contributed by atoms with Crippen molar-refractivity contribution in [2.24, 2.45) is 5.73 Å². The summed E-state index contributed by atoms with van der Waals surface area (Å²) in [7, 11) is 0.